The highest BCUT2D eigenvalue weighted by Gasteiger charge is 2.00. The minimum absolute atomic E-state index is 0. The second-order valence-electron chi connectivity index (χ2n) is 2.50. The van der Waals surface area contributed by atoms with Crippen LogP contribution in [0.5, 0.6) is 11.5 Å². The largest absolute Gasteiger partial charge is 0.504 e. The zero-order chi connectivity index (χ0) is 8.97. The van der Waals surface area contributed by atoms with Crippen LogP contribution in [0.4, 0.5) is 0 Å². The number of rotatable bonds is 3. The molecule has 0 aliphatic rings. The molecule has 15 heavy (non-hydrogen) atoms. The van der Waals surface area contributed by atoms with Crippen LogP contribution in [0.25, 0.3) is 0 Å². The van der Waals surface area contributed by atoms with Gasteiger partial charge < -0.3 is 26.3 Å². The van der Waals surface area contributed by atoms with Crippen LogP contribution in [0.2, 0.25) is 0 Å². The molecule has 1 aromatic carbocycles. The molecule has 7 N–H and O–H groups in total. The van der Waals surface area contributed by atoms with Crippen molar-refractivity contribution in [3.63, 3.8) is 0 Å². The molecule has 0 atom stereocenters. The van der Waals surface area contributed by atoms with Gasteiger partial charge in [0.25, 0.3) is 0 Å². The van der Waals surface area contributed by atoms with Crippen molar-refractivity contribution in [2.45, 2.75) is 6.42 Å². The predicted octanol–water partition coefficient (Wildman–Crippen LogP) is -0.345. The molecule has 0 radical (unpaired) electrons. The molecule has 0 saturated heterocycles. The fourth-order valence-electron chi connectivity index (χ4n) is 1.02. The number of phenolic OH excluding ortho intramolecular Hbond substituents is 1. The lowest BCUT2D eigenvalue weighted by Crippen LogP contribution is -1.86. The minimum Gasteiger partial charge on any atom is -0.504 e. The first kappa shape index (κ1) is 19.1. The van der Waals surface area contributed by atoms with Crippen molar-refractivity contribution in [2.75, 3.05) is 7.11 Å². The molecule has 1 aromatic rings. The second-order valence-corrected chi connectivity index (χ2v) is 2.50. The number of allylic oxidation sites excluding steroid dienone is 1. The summed E-state index contributed by atoms with van der Waals surface area (Å²) in [6, 6.07) is 5.27. The Balaban J connectivity index is -0.000000480. The van der Waals surface area contributed by atoms with Gasteiger partial charge in [0.1, 0.15) is 0 Å². The topological polar surface area (TPSA) is 124 Å². The van der Waals surface area contributed by atoms with E-state index >= 15 is 0 Å². The molecular weight excluding hydrogens is 200 g/mol. The SMILES string of the molecule is C=CCc1ccc(O)c(OC)c1.O.O.O. The maximum Gasteiger partial charge on any atom is 0.160 e. The van der Waals surface area contributed by atoms with E-state index < -0.39 is 0 Å². The summed E-state index contributed by atoms with van der Waals surface area (Å²) in [4.78, 5) is 0. The van der Waals surface area contributed by atoms with Gasteiger partial charge in [-0.2, -0.15) is 0 Å². The van der Waals surface area contributed by atoms with Gasteiger partial charge in [0, 0.05) is 0 Å². The quantitative estimate of drug-likeness (QED) is 0.697. The first-order chi connectivity index (χ1) is 5.77. The molecule has 0 saturated carbocycles. The fourth-order valence-corrected chi connectivity index (χ4v) is 1.02. The van der Waals surface area contributed by atoms with Gasteiger partial charge in [-0.05, 0) is 24.1 Å². The number of hydrogen-bond acceptors (Lipinski definition) is 2. The number of benzene rings is 1. The van der Waals surface area contributed by atoms with Crippen molar-refractivity contribution < 1.29 is 26.3 Å². The lowest BCUT2D eigenvalue weighted by atomic mass is 10.1. The molecule has 5 heteroatoms. The normalized spacial score (nSPS) is 7.53. The molecule has 88 valence electrons. The van der Waals surface area contributed by atoms with E-state index in [4.69, 9.17) is 4.74 Å². The van der Waals surface area contributed by atoms with E-state index in [2.05, 4.69) is 6.58 Å². The zero-order valence-corrected chi connectivity index (χ0v) is 8.58. The molecule has 0 aliphatic carbocycles. The Hall–Kier alpha value is -1.56. The van der Waals surface area contributed by atoms with Crippen molar-refractivity contribution in [3.8, 4) is 11.5 Å². The molecule has 0 fully saturated rings. The summed E-state index contributed by atoms with van der Waals surface area (Å²) in [7, 11) is 1.53. The molecule has 1 rings (SSSR count). The molecule has 0 aliphatic heterocycles. The van der Waals surface area contributed by atoms with Crippen LogP contribution in [-0.2, 0) is 6.42 Å². The van der Waals surface area contributed by atoms with Crippen LogP contribution in [0, 0.1) is 0 Å². The summed E-state index contributed by atoms with van der Waals surface area (Å²) in [6.07, 6.45) is 2.60. The molecule has 0 spiro atoms. The zero-order valence-electron chi connectivity index (χ0n) is 8.58. The number of hydrogen-bond donors (Lipinski definition) is 1. The first-order valence-electron chi connectivity index (χ1n) is 3.74. The van der Waals surface area contributed by atoms with Gasteiger partial charge in [-0.25, -0.2) is 0 Å². The second kappa shape index (κ2) is 9.01. The lowest BCUT2D eigenvalue weighted by molar-refractivity contribution is 0.373. The van der Waals surface area contributed by atoms with Gasteiger partial charge in [-0.3, -0.25) is 0 Å². The molecule has 0 unspecified atom stereocenters. The van der Waals surface area contributed by atoms with Gasteiger partial charge in [0.05, 0.1) is 7.11 Å². The third-order valence-corrected chi connectivity index (χ3v) is 1.62. The Morgan fingerprint density at radius 1 is 1.33 bits per heavy atom. The standard InChI is InChI=1S/C10H12O2.3H2O/c1-3-4-8-5-6-9(11)10(7-8)12-2;;;/h3,5-7,11H,1,4H2,2H3;3*1H2. The number of methoxy groups -OCH3 is 1. The van der Waals surface area contributed by atoms with Crippen molar-refractivity contribution in [2.24, 2.45) is 0 Å². The van der Waals surface area contributed by atoms with Crippen molar-refractivity contribution in [3.05, 3.63) is 36.4 Å². The van der Waals surface area contributed by atoms with Gasteiger partial charge in [-0.1, -0.05) is 12.1 Å². The van der Waals surface area contributed by atoms with Crippen LogP contribution < -0.4 is 4.74 Å². The minimum atomic E-state index is 0. The predicted molar refractivity (Wildman–Crippen MR) is 59.4 cm³/mol. The molecule has 0 bridgehead atoms. The van der Waals surface area contributed by atoms with Crippen LogP contribution in [0.15, 0.2) is 30.9 Å². The van der Waals surface area contributed by atoms with Crippen LogP contribution in [0.3, 0.4) is 0 Å². The van der Waals surface area contributed by atoms with E-state index in [-0.39, 0.29) is 22.2 Å². The number of aromatic hydroxyl groups is 1. The van der Waals surface area contributed by atoms with Crippen molar-refractivity contribution >= 4 is 0 Å². The van der Waals surface area contributed by atoms with E-state index in [0.717, 1.165) is 12.0 Å². The van der Waals surface area contributed by atoms with E-state index in [0.29, 0.717) is 5.75 Å². The highest BCUT2D eigenvalue weighted by molar-refractivity contribution is 5.42. The van der Waals surface area contributed by atoms with E-state index in [1.165, 1.54) is 7.11 Å². The summed E-state index contributed by atoms with van der Waals surface area (Å²) in [6.45, 7) is 3.63. The number of ether oxygens (including phenoxy) is 1. The fraction of sp³-hybridized carbons (Fsp3) is 0.200. The lowest BCUT2D eigenvalue weighted by Gasteiger charge is -2.04. The summed E-state index contributed by atoms with van der Waals surface area (Å²) in [5.74, 6) is 0.680. The van der Waals surface area contributed by atoms with Crippen LogP contribution in [0.1, 0.15) is 5.56 Å². The Bertz CT molecular complexity index is 285. The first-order valence-corrected chi connectivity index (χ1v) is 3.74. The molecule has 0 aromatic heterocycles. The maximum absolute atomic E-state index is 9.25. The summed E-state index contributed by atoms with van der Waals surface area (Å²) >= 11 is 0. The smallest absolute Gasteiger partial charge is 0.160 e. The van der Waals surface area contributed by atoms with E-state index in [1.54, 1.807) is 12.1 Å². The summed E-state index contributed by atoms with van der Waals surface area (Å²) in [5, 5.41) is 9.25. The Morgan fingerprint density at radius 3 is 2.40 bits per heavy atom. The molecule has 0 heterocycles. The third kappa shape index (κ3) is 5.02. The Kier molecular flexibility index (Phi) is 11.5. The highest BCUT2D eigenvalue weighted by Crippen LogP contribution is 2.26. The van der Waals surface area contributed by atoms with Gasteiger partial charge in [-0.15, -0.1) is 6.58 Å². The summed E-state index contributed by atoms with van der Waals surface area (Å²) in [5.41, 5.74) is 1.08. The monoisotopic (exact) mass is 218 g/mol. The highest BCUT2D eigenvalue weighted by atomic mass is 16.5. The van der Waals surface area contributed by atoms with E-state index in [9.17, 15) is 5.11 Å². The third-order valence-electron chi connectivity index (χ3n) is 1.62. The van der Waals surface area contributed by atoms with Gasteiger partial charge >= 0.3 is 0 Å². The van der Waals surface area contributed by atoms with Crippen LogP contribution >= 0.6 is 0 Å². The molecule has 0 amide bonds. The van der Waals surface area contributed by atoms with Gasteiger partial charge in [0.2, 0.25) is 0 Å². The van der Waals surface area contributed by atoms with Crippen LogP contribution in [-0.4, -0.2) is 28.6 Å². The van der Waals surface area contributed by atoms with Crippen molar-refractivity contribution in [1.82, 2.24) is 0 Å². The average molecular weight is 218 g/mol. The van der Waals surface area contributed by atoms with Gasteiger partial charge in [0.15, 0.2) is 11.5 Å². The van der Waals surface area contributed by atoms with E-state index in [1.807, 2.05) is 12.1 Å². The molecule has 5 nitrogen and oxygen atoms in total. The Morgan fingerprint density at radius 2 is 1.93 bits per heavy atom. The Labute approximate surface area is 88.6 Å². The van der Waals surface area contributed by atoms with Crippen molar-refractivity contribution in [1.29, 1.82) is 0 Å². The number of phenols is 1. The molecular formula is C10H18O5. The summed E-state index contributed by atoms with van der Waals surface area (Å²) < 4.78 is 4.95. The maximum atomic E-state index is 9.25. The average Bonchev–Trinajstić information content (AvgIpc) is 2.09.